The first-order valence-electron chi connectivity index (χ1n) is 6.34. The summed E-state index contributed by atoms with van der Waals surface area (Å²) in [6, 6.07) is 13.1. The van der Waals surface area contributed by atoms with Crippen LogP contribution in [0, 0.1) is 0 Å². The van der Waals surface area contributed by atoms with E-state index in [2.05, 4.69) is 15.9 Å². The Morgan fingerprint density at radius 3 is 2.38 bits per heavy atom. The minimum Gasteiger partial charge on any atom is -0.497 e. The Hall–Kier alpha value is -2.07. The summed E-state index contributed by atoms with van der Waals surface area (Å²) in [5.41, 5.74) is 2.48. The molecule has 0 fully saturated rings. The number of hydrogen-bond donors (Lipinski definition) is 0. The molecular formula is C17H15BrO3. The van der Waals surface area contributed by atoms with Crippen LogP contribution in [0.2, 0.25) is 0 Å². The van der Waals surface area contributed by atoms with Crippen LogP contribution in [0.4, 0.5) is 0 Å². The first-order valence-corrected chi connectivity index (χ1v) is 7.13. The first kappa shape index (κ1) is 15.3. The van der Waals surface area contributed by atoms with Crippen LogP contribution in [0.15, 0.2) is 46.9 Å². The standard InChI is InChI=1S/C17H15BrO3/c1-20-15-8-4-12(5-9-15)3-6-13-11-14(17(19)21-2)7-10-16(13)18/h3-11H,1-2H3/b6-3-. The Morgan fingerprint density at radius 2 is 1.76 bits per heavy atom. The molecule has 3 nitrogen and oxygen atoms in total. The minimum absolute atomic E-state index is 0.346. The van der Waals surface area contributed by atoms with Gasteiger partial charge in [-0.1, -0.05) is 40.2 Å². The van der Waals surface area contributed by atoms with Crippen LogP contribution in [-0.4, -0.2) is 20.2 Å². The van der Waals surface area contributed by atoms with Crippen molar-refractivity contribution < 1.29 is 14.3 Å². The third-order valence-corrected chi connectivity index (χ3v) is 3.71. The van der Waals surface area contributed by atoms with Crippen molar-refractivity contribution in [3.05, 3.63) is 63.6 Å². The van der Waals surface area contributed by atoms with Gasteiger partial charge in [0.15, 0.2) is 0 Å². The maximum atomic E-state index is 11.5. The normalized spacial score (nSPS) is 10.6. The van der Waals surface area contributed by atoms with E-state index in [1.54, 1.807) is 19.2 Å². The number of rotatable bonds is 4. The van der Waals surface area contributed by atoms with Gasteiger partial charge in [0.05, 0.1) is 19.8 Å². The predicted octanol–water partition coefficient (Wildman–Crippen LogP) is 4.41. The zero-order valence-electron chi connectivity index (χ0n) is 11.8. The average Bonchev–Trinajstić information content (AvgIpc) is 2.53. The van der Waals surface area contributed by atoms with Gasteiger partial charge in [-0.3, -0.25) is 0 Å². The molecule has 2 rings (SSSR count). The van der Waals surface area contributed by atoms with E-state index >= 15 is 0 Å². The lowest BCUT2D eigenvalue weighted by Crippen LogP contribution is -2.01. The molecule has 0 aliphatic heterocycles. The van der Waals surface area contributed by atoms with Crippen molar-refractivity contribution in [1.29, 1.82) is 0 Å². The van der Waals surface area contributed by atoms with Gasteiger partial charge in [0, 0.05) is 4.47 Å². The van der Waals surface area contributed by atoms with Gasteiger partial charge >= 0.3 is 5.97 Å². The number of carbonyl (C=O) groups is 1. The van der Waals surface area contributed by atoms with Crippen LogP contribution in [0.3, 0.4) is 0 Å². The topological polar surface area (TPSA) is 35.5 Å². The minimum atomic E-state index is -0.346. The smallest absolute Gasteiger partial charge is 0.337 e. The fraction of sp³-hybridized carbons (Fsp3) is 0.118. The van der Waals surface area contributed by atoms with E-state index in [4.69, 9.17) is 9.47 Å². The number of esters is 1. The van der Waals surface area contributed by atoms with Crippen molar-refractivity contribution in [2.45, 2.75) is 0 Å². The van der Waals surface area contributed by atoms with Crippen LogP contribution >= 0.6 is 15.9 Å². The van der Waals surface area contributed by atoms with E-state index in [0.717, 1.165) is 21.3 Å². The van der Waals surface area contributed by atoms with E-state index < -0.39 is 0 Å². The van der Waals surface area contributed by atoms with Gasteiger partial charge < -0.3 is 9.47 Å². The zero-order valence-corrected chi connectivity index (χ0v) is 13.4. The summed E-state index contributed by atoms with van der Waals surface area (Å²) >= 11 is 3.47. The number of benzene rings is 2. The Morgan fingerprint density at radius 1 is 1.05 bits per heavy atom. The van der Waals surface area contributed by atoms with Crippen molar-refractivity contribution in [1.82, 2.24) is 0 Å². The molecule has 2 aromatic carbocycles. The Kier molecular flexibility index (Phi) is 5.17. The van der Waals surface area contributed by atoms with Gasteiger partial charge in [-0.15, -0.1) is 0 Å². The van der Waals surface area contributed by atoms with E-state index in [1.165, 1.54) is 7.11 Å². The van der Waals surface area contributed by atoms with Gasteiger partial charge in [0.1, 0.15) is 5.75 Å². The molecule has 0 unspecified atom stereocenters. The van der Waals surface area contributed by atoms with Gasteiger partial charge in [0.2, 0.25) is 0 Å². The molecule has 2 aromatic rings. The molecule has 4 heteroatoms. The summed E-state index contributed by atoms with van der Waals surface area (Å²) in [7, 11) is 3.01. The van der Waals surface area contributed by atoms with E-state index in [9.17, 15) is 4.79 Å². The van der Waals surface area contributed by atoms with Gasteiger partial charge in [-0.25, -0.2) is 4.79 Å². The quantitative estimate of drug-likeness (QED) is 0.607. The number of halogens is 1. The van der Waals surface area contributed by atoms with E-state index in [-0.39, 0.29) is 5.97 Å². The van der Waals surface area contributed by atoms with Crippen LogP contribution in [0.1, 0.15) is 21.5 Å². The SMILES string of the molecule is COC(=O)c1ccc(Br)c(/C=C\c2ccc(OC)cc2)c1. The fourth-order valence-corrected chi connectivity index (χ4v) is 2.20. The molecule has 0 aliphatic rings. The largest absolute Gasteiger partial charge is 0.497 e. The van der Waals surface area contributed by atoms with Gasteiger partial charge in [0.25, 0.3) is 0 Å². The Balaban J connectivity index is 2.24. The molecule has 0 heterocycles. The molecule has 0 N–H and O–H groups in total. The third kappa shape index (κ3) is 3.95. The highest BCUT2D eigenvalue weighted by atomic mass is 79.9. The highest BCUT2D eigenvalue weighted by Gasteiger charge is 2.07. The first-order chi connectivity index (χ1) is 10.1. The lowest BCUT2D eigenvalue weighted by Gasteiger charge is -2.03. The summed E-state index contributed by atoms with van der Waals surface area (Å²) in [6.45, 7) is 0. The second kappa shape index (κ2) is 7.09. The number of methoxy groups -OCH3 is 2. The van der Waals surface area contributed by atoms with E-state index in [1.807, 2.05) is 42.5 Å². The molecule has 0 aromatic heterocycles. The molecular weight excluding hydrogens is 332 g/mol. The zero-order chi connectivity index (χ0) is 15.2. The number of ether oxygens (including phenoxy) is 2. The lowest BCUT2D eigenvalue weighted by molar-refractivity contribution is 0.0600. The van der Waals surface area contributed by atoms with Crippen LogP contribution in [0.25, 0.3) is 12.2 Å². The van der Waals surface area contributed by atoms with Crippen LogP contribution in [-0.2, 0) is 4.74 Å². The second-order valence-corrected chi connectivity index (χ2v) is 5.19. The molecule has 0 atom stereocenters. The lowest BCUT2D eigenvalue weighted by atomic mass is 10.1. The van der Waals surface area contributed by atoms with Crippen molar-refractivity contribution >= 4 is 34.1 Å². The fourth-order valence-electron chi connectivity index (χ4n) is 1.82. The highest BCUT2D eigenvalue weighted by Crippen LogP contribution is 2.22. The summed E-state index contributed by atoms with van der Waals surface area (Å²) < 4.78 is 10.8. The average molecular weight is 347 g/mol. The summed E-state index contributed by atoms with van der Waals surface area (Å²) in [6.07, 6.45) is 3.92. The van der Waals surface area contributed by atoms with Gasteiger partial charge in [-0.05, 0) is 41.5 Å². The van der Waals surface area contributed by atoms with Gasteiger partial charge in [-0.2, -0.15) is 0 Å². The molecule has 0 aliphatic carbocycles. The number of hydrogen-bond acceptors (Lipinski definition) is 3. The molecule has 21 heavy (non-hydrogen) atoms. The second-order valence-electron chi connectivity index (χ2n) is 4.33. The Bertz CT molecular complexity index is 660. The van der Waals surface area contributed by atoms with Crippen LogP contribution < -0.4 is 4.74 Å². The summed E-state index contributed by atoms with van der Waals surface area (Å²) in [4.78, 5) is 11.5. The third-order valence-electron chi connectivity index (χ3n) is 2.99. The monoisotopic (exact) mass is 346 g/mol. The summed E-state index contributed by atoms with van der Waals surface area (Å²) in [5.74, 6) is 0.475. The van der Waals surface area contributed by atoms with Crippen molar-refractivity contribution in [2.24, 2.45) is 0 Å². The molecule has 0 spiro atoms. The maximum absolute atomic E-state index is 11.5. The molecule has 0 radical (unpaired) electrons. The predicted molar refractivity (Wildman–Crippen MR) is 87.4 cm³/mol. The van der Waals surface area contributed by atoms with E-state index in [0.29, 0.717) is 5.56 Å². The van der Waals surface area contributed by atoms with Crippen molar-refractivity contribution in [3.63, 3.8) is 0 Å². The molecule has 0 saturated carbocycles. The van der Waals surface area contributed by atoms with Crippen LogP contribution in [0.5, 0.6) is 5.75 Å². The number of carbonyl (C=O) groups excluding carboxylic acids is 1. The molecule has 0 saturated heterocycles. The van der Waals surface area contributed by atoms with Crippen molar-refractivity contribution in [2.75, 3.05) is 14.2 Å². The molecule has 0 bridgehead atoms. The van der Waals surface area contributed by atoms with Crippen molar-refractivity contribution in [3.8, 4) is 5.75 Å². The highest BCUT2D eigenvalue weighted by molar-refractivity contribution is 9.10. The maximum Gasteiger partial charge on any atom is 0.337 e. The molecule has 108 valence electrons. The Labute approximate surface area is 132 Å². The molecule has 0 amide bonds. The summed E-state index contributed by atoms with van der Waals surface area (Å²) in [5, 5.41) is 0.